The van der Waals surface area contributed by atoms with Crippen molar-refractivity contribution in [2.75, 3.05) is 19.5 Å². The van der Waals surface area contributed by atoms with Gasteiger partial charge in [-0.15, -0.1) is 0 Å². The molecule has 0 aromatic heterocycles. The van der Waals surface area contributed by atoms with Crippen LogP contribution < -0.4 is 14.8 Å². The Morgan fingerprint density at radius 3 is 2.62 bits per heavy atom. The third-order valence-corrected chi connectivity index (χ3v) is 6.02. The van der Waals surface area contributed by atoms with Gasteiger partial charge in [-0.25, -0.2) is 0 Å². The third-order valence-electron chi connectivity index (χ3n) is 6.02. The van der Waals surface area contributed by atoms with E-state index in [0.717, 1.165) is 29.7 Å². The van der Waals surface area contributed by atoms with Gasteiger partial charge in [-0.2, -0.15) is 0 Å². The van der Waals surface area contributed by atoms with Gasteiger partial charge in [-0.05, 0) is 41.3 Å². The summed E-state index contributed by atoms with van der Waals surface area (Å²) in [6, 6.07) is 18.2. The molecule has 29 heavy (non-hydrogen) atoms. The van der Waals surface area contributed by atoms with Crippen LogP contribution in [0.2, 0.25) is 0 Å². The summed E-state index contributed by atoms with van der Waals surface area (Å²) < 4.78 is 11.2. The largest absolute Gasteiger partial charge is 0.493 e. The van der Waals surface area contributed by atoms with Crippen molar-refractivity contribution in [2.24, 2.45) is 0 Å². The van der Waals surface area contributed by atoms with E-state index in [-0.39, 0.29) is 11.8 Å². The minimum atomic E-state index is -0.253. The molecular weight excluding hydrogens is 362 g/mol. The molecule has 0 radical (unpaired) electrons. The number of ketones is 1. The van der Waals surface area contributed by atoms with Gasteiger partial charge in [-0.3, -0.25) is 4.79 Å². The fourth-order valence-electron chi connectivity index (χ4n) is 4.78. The number of methoxy groups -OCH3 is 2. The van der Waals surface area contributed by atoms with Crippen molar-refractivity contribution in [3.63, 3.8) is 0 Å². The molecule has 146 valence electrons. The lowest BCUT2D eigenvalue weighted by molar-refractivity contribution is -0.116. The Hall–Kier alpha value is -3.27. The second kappa shape index (κ2) is 6.96. The number of carbonyl (C=O) groups is 1. The molecule has 3 aromatic carbocycles. The fraction of sp³-hybridized carbons (Fsp3) is 0.240. The van der Waals surface area contributed by atoms with Gasteiger partial charge in [0.15, 0.2) is 17.3 Å². The number of Topliss-reactive ketones (excluding diaryl/α,β-unsaturated/α-hetero) is 1. The first-order valence-corrected chi connectivity index (χ1v) is 9.98. The Kier molecular flexibility index (Phi) is 4.27. The number of ether oxygens (including phenoxy) is 2. The maximum Gasteiger partial charge on any atom is 0.166 e. The second-order valence-electron chi connectivity index (χ2n) is 7.54. The molecule has 1 atom stereocenters. The smallest absolute Gasteiger partial charge is 0.166 e. The Morgan fingerprint density at radius 1 is 0.931 bits per heavy atom. The van der Waals surface area contributed by atoms with Crippen molar-refractivity contribution in [2.45, 2.75) is 25.3 Å². The average Bonchev–Trinajstić information content (AvgIpc) is 2.77. The predicted octanol–water partition coefficient (Wildman–Crippen LogP) is 5.53. The van der Waals surface area contributed by atoms with Crippen LogP contribution in [0, 0.1) is 0 Å². The SMILES string of the molecule is COc1cccc(C2Nc3ccc4ccccc4c3C3=C2C(=O)CCC3)c1OC. The summed E-state index contributed by atoms with van der Waals surface area (Å²) in [6.07, 6.45) is 2.39. The molecule has 0 amide bonds. The first-order valence-electron chi connectivity index (χ1n) is 9.98. The molecule has 3 aromatic rings. The molecule has 0 saturated heterocycles. The summed E-state index contributed by atoms with van der Waals surface area (Å²) in [6.45, 7) is 0. The van der Waals surface area contributed by atoms with E-state index in [0.29, 0.717) is 17.9 Å². The van der Waals surface area contributed by atoms with Gasteiger partial charge < -0.3 is 14.8 Å². The van der Waals surface area contributed by atoms with E-state index in [1.54, 1.807) is 14.2 Å². The van der Waals surface area contributed by atoms with E-state index in [1.165, 1.54) is 21.9 Å². The molecule has 1 heterocycles. The van der Waals surface area contributed by atoms with Crippen LogP contribution in [0.15, 0.2) is 60.2 Å². The van der Waals surface area contributed by atoms with E-state index >= 15 is 0 Å². The Labute approximate surface area is 170 Å². The maximum absolute atomic E-state index is 13.1. The van der Waals surface area contributed by atoms with Crippen LogP contribution in [0.1, 0.15) is 36.4 Å². The van der Waals surface area contributed by atoms with Crippen LogP contribution >= 0.6 is 0 Å². The Morgan fingerprint density at radius 2 is 1.79 bits per heavy atom. The molecule has 1 N–H and O–H groups in total. The lowest BCUT2D eigenvalue weighted by Crippen LogP contribution is -2.27. The van der Waals surface area contributed by atoms with Gasteiger partial charge in [0.1, 0.15) is 0 Å². The Balaban J connectivity index is 1.78. The van der Waals surface area contributed by atoms with E-state index < -0.39 is 0 Å². The number of nitrogens with one attached hydrogen (secondary N) is 1. The maximum atomic E-state index is 13.1. The molecule has 0 bridgehead atoms. The van der Waals surface area contributed by atoms with Crippen LogP contribution in [-0.2, 0) is 4.79 Å². The lowest BCUT2D eigenvalue weighted by atomic mass is 9.76. The zero-order valence-electron chi connectivity index (χ0n) is 16.6. The number of benzene rings is 3. The summed E-state index contributed by atoms with van der Waals surface area (Å²) >= 11 is 0. The van der Waals surface area contributed by atoms with E-state index in [9.17, 15) is 4.79 Å². The number of rotatable bonds is 3. The molecule has 1 unspecified atom stereocenters. The average molecular weight is 385 g/mol. The minimum absolute atomic E-state index is 0.215. The number of hydrogen-bond donors (Lipinski definition) is 1. The van der Waals surface area contributed by atoms with Crippen molar-refractivity contribution in [1.82, 2.24) is 0 Å². The molecule has 4 heteroatoms. The summed E-state index contributed by atoms with van der Waals surface area (Å²) in [4.78, 5) is 13.1. The normalized spacial score (nSPS) is 18.1. The number of fused-ring (bicyclic) bond motifs is 4. The number of carbonyl (C=O) groups excluding carboxylic acids is 1. The van der Waals surface area contributed by atoms with Crippen LogP contribution in [0.5, 0.6) is 11.5 Å². The number of anilines is 1. The fourth-order valence-corrected chi connectivity index (χ4v) is 4.78. The third kappa shape index (κ3) is 2.70. The quantitative estimate of drug-likeness (QED) is 0.644. The summed E-state index contributed by atoms with van der Waals surface area (Å²) in [7, 11) is 3.28. The number of allylic oxidation sites excluding steroid dienone is 1. The lowest BCUT2D eigenvalue weighted by Gasteiger charge is -2.35. The van der Waals surface area contributed by atoms with Gasteiger partial charge in [0.05, 0.1) is 20.3 Å². The first-order chi connectivity index (χ1) is 14.2. The topological polar surface area (TPSA) is 47.6 Å². The van der Waals surface area contributed by atoms with Crippen LogP contribution in [0.4, 0.5) is 5.69 Å². The molecule has 5 rings (SSSR count). The minimum Gasteiger partial charge on any atom is -0.493 e. The van der Waals surface area contributed by atoms with Crippen LogP contribution in [0.3, 0.4) is 0 Å². The highest BCUT2D eigenvalue weighted by atomic mass is 16.5. The first kappa shape index (κ1) is 17.8. The van der Waals surface area contributed by atoms with E-state index in [4.69, 9.17) is 9.47 Å². The van der Waals surface area contributed by atoms with Gasteiger partial charge in [0, 0.05) is 28.8 Å². The molecule has 0 fully saturated rings. The molecule has 2 aliphatic rings. The summed E-state index contributed by atoms with van der Waals surface area (Å²) in [5, 5.41) is 6.03. The van der Waals surface area contributed by atoms with Crippen molar-refractivity contribution in [3.8, 4) is 11.5 Å². The van der Waals surface area contributed by atoms with Gasteiger partial charge in [0.25, 0.3) is 0 Å². The van der Waals surface area contributed by atoms with Crippen molar-refractivity contribution >= 4 is 27.8 Å². The van der Waals surface area contributed by atoms with Gasteiger partial charge in [0.2, 0.25) is 0 Å². The zero-order chi connectivity index (χ0) is 20.0. The predicted molar refractivity (Wildman–Crippen MR) is 116 cm³/mol. The summed E-state index contributed by atoms with van der Waals surface area (Å²) in [5.41, 5.74) is 5.19. The molecular formula is C25H23NO3. The van der Waals surface area contributed by atoms with E-state index in [2.05, 4.69) is 41.7 Å². The number of para-hydroxylation sites is 1. The molecule has 1 aliphatic heterocycles. The zero-order valence-corrected chi connectivity index (χ0v) is 16.6. The van der Waals surface area contributed by atoms with Crippen LogP contribution in [-0.4, -0.2) is 20.0 Å². The van der Waals surface area contributed by atoms with Gasteiger partial charge >= 0.3 is 0 Å². The van der Waals surface area contributed by atoms with Gasteiger partial charge in [-0.1, -0.05) is 42.5 Å². The monoisotopic (exact) mass is 385 g/mol. The van der Waals surface area contributed by atoms with Crippen molar-refractivity contribution in [1.29, 1.82) is 0 Å². The molecule has 0 spiro atoms. The standard InChI is InChI=1S/C25H23NO3/c1-28-21-12-6-10-18(25(21)29-2)24-23-17(9-5-11-20(23)27)22-16-8-4-3-7-15(16)13-14-19(22)26-24/h3-4,6-8,10,12-14,24,26H,5,9,11H2,1-2H3. The number of hydrogen-bond acceptors (Lipinski definition) is 4. The van der Waals surface area contributed by atoms with Crippen LogP contribution in [0.25, 0.3) is 16.3 Å². The highest BCUT2D eigenvalue weighted by Gasteiger charge is 2.36. The molecule has 0 saturated carbocycles. The second-order valence-corrected chi connectivity index (χ2v) is 7.54. The highest BCUT2D eigenvalue weighted by molar-refractivity contribution is 6.12. The molecule has 4 nitrogen and oxygen atoms in total. The van der Waals surface area contributed by atoms with Crippen molar-refractivity contribution < 1.29 is 14.3 Å². The Bertz CT molecular complexity index is 1160. The summed E-state index contributed by atoms with van der Waals surface area (Å²) in [5.74, 6) is 1.55. The van der Waals surface area contributed by atoms with Crippen molar-refractivity contribution in [3.05, 3.63) is 71.3 Å². The highest BCUT2D eigenvalue weighted by Crippen LogP contribution is 2.50. The van der Waals surface area contributed by atoms with E-state index in [1.807, 2.05) is 18.2 Å². The molecule has 1 aliphatic carbocycles.